The Labute approximate surface area is 105 Å². The van der Waals surface area contributed by atoms with Gasteiger partial charge < -0.3 is 10.4 Å². The fourth-order valence-corrected chi connectivity index (χ4v) is 1.80. The molecule has 1 aliphatic rings. The lowest BCUT2D eigenvalue weighted by Crippen LogP contribution is -2.48. The number of carboxylic acid groups (broad SMARTS) is 1. The molecule has 1 aliphatic carbocycles. The largest absolute Gasteiger partial charge is 0.480 e. The first-order valence-corrected chi connectivity index (χ1v) is 6.05. The highest BCUT2D eigenvalue weighted by atomic mass is 16.4. The van der Waals surface area contributed by atoms with Gasteiger partial charge in [0.1, 0.15) is 6.04 Å². The maximum absolute atomic E-state index is 11.4. The maximum Gasteiger partial charge on any atom is 0.321 e. The number of urea groups is 1. The molecule has 1 atom stereocenters. The number of aliphatic carboxylic acids is 1. The molecule has 1 fully saturated rings. The lowest BCUT2D eigenvalue weighted by molar-refractivity contribution is -0.139. The van der Waals surface area contributed by atoms with Gasteiger partial charge in [-0.1, -0.05) is 12.8 Å². The molecule has 1 saturated carbocycles. The molecule has 3 amide bonds. The van der Waals surface area contributed by atoms with Crippen LogP contribution in [0.25, 0.3) is 0 Å². The smallest absolute Gasteiger partial charge is 0.321 e. The van der Waals surface area contributed by atoms with Crippen molar-refractivity contribution in [2.24, 2.45) is 0 Å². The molecule has 18 heavy (non-hydrogen) atoms. The zero-order valence-electron chi connectivity index (χ0n) is 10.4. The Hall–Kier alpha value is -1.63. The van der Waals surface area contributed by atoms with Gasteiger partial charge in [0.05, 0.1) is 6.54 Å². The molecule has 1 unspecified atom stereocenters. The molecule has 4 N–H and O–H groups in total. The molecule has 0 aliphatic heterocycles. The lowest BCUT2D eigenvalue weighted by Gasteiger charge is -2.13. The summed E-state index contributed by atoms with van der Waals surface area (Å²) < 4.78 is 0. The van der Waals surface area contributed by atoms with Crippen LogP contribution in [0.15, 0.2) is 0 Å². The Kier molecular flexibility index (Phi) is 5.57. The van der Waals surface area contributed by atoms with Crippen molar-refractivity contribution in [3.05, 3.63) is 0 Å². The van der Waals surface area contributed by atoms with Gasteiger partial charge in [-0.05, 0) is 19.8 Å². The Morgan fingerprint density at radius 1 is 1.28 bits per heavy atom. The number of nitrogens with one attached hydrogen (secondary N) is 3. The van der Waals surface area contributed by atoms with Crippen LogP contribution in [0.3, 0.4) is 0 Å². The number of carbonyl (C=O) groups excluding carboxylic acids is 2. The molecule has 102 valence electrons. The first kappa shape index (κ1) is 14.4. The van der Waals surface area contributed by atoms with Crippen LogP contribution in [0.1, 0.15) is 32.6 Å². The normalized spacial score (nSPS) is 17.2. The van der Waals surface area contributed by atoms with Gasteiger partial charge in [0, 0.05) is 6.04 Å². The SMILES string of the molecule is CC(NCC(=O)NC(=O)NC1CCCC1)C(=O)O. The van der Waals surface area contributed by atoms with Gasteiger partial charge >= 0.3 is 12.0 Å². The highest BCUT2D eigenvalue weighted by Gasteiger charge is 2.18. The van der Waals surface area contributed by atoms with Crippen molar-refractivity contribution in [2.75, 3.05) is 6.54 Å². The third-order valence-electron chi connectivity index (χ3n) is 2.88. The first-order valence-electron chi connectivity index (χ1n) is 6.05. The van der Waals surface area contributed by atoms with Gasteiger partial charge in [0.15, 0.2) is 0 Å². The van der Waals surface area contributed by atoms with Crippen molar-refractivity contribution >= 4 is 17.9 Å². The second-order valence-corrected chi connectivity index (χ2v) is 4.44. The van der Waals surface area contributed by atoms with E-state index in [0.29, 0.717) is 0 Å². The summed E-state index contributed by atoms with van der Waals surface area (Å²) in [5.74, 6) is -1.59. The minimum atomic E-state index is -1.04. The van der Waals surface area contributed by atoms with E-state index in [9.17, 15) is 14.4 Å². The molecule has 1 rings (SSSR count). The fraction of sp³-hybridized carbons (Fsp3) is 0.727. The van der Waals surface area contributed by atoms with E-state index < -0.39 is 23.9 Å². The molecule has 7 heteroatoms. The van der Waals surface area contributed by atoms with Crippen LogP contribution in [-0.2, 0) is 9.59 Å². The molecule has 0 spiro atoms. The van der Waals surface area contributed by atoms with E-state index in [1.54, 1.807) is 0 Å². The summed E-state index contributed by atoms with van der Waals surface area (Å²) in [4.78, 5) is 33.2. The van der Waals surface area contributed by atoms with E-state index in [-0.39, 0.29) is 12.6 Å². The molecule has 0 aromatic rings. The topological polar surface area (TPSA) is 108 Å². The predicted molar refractivity (Wildman–Crippen MR) is 64.0 cm³/mol. The van der Waals surface area contributed by atoms with E-state index in [1.165, 1.54) is 6.92 Å². The van der Waals surface area contributed by atoms with Crippen LogP contribution in [0.2, 0.25) is 0 Å². The third-order valence-corrected chi connectivity index (χ3v) is 2.88. The van der Waals surface area contributed by atoms with Crippen LogP contribution in [-0.4, -0.2) is 41.6 Å². The molecular weight excluding hydrogens is 238 g/mol. The minimum Gasteiger partial charge on any atom is -0.480 e. The highest BCUT2D eigenvalue weighted by molar-refractivity contribution is 5.95. The van der Waals surface area contributed by atoms with Crippen LogP contribution >= 0.6 is 0 Å². The van der Waals surface area contributed by atoms with Crippen LogP contribution in [0, 0.1) is 0 Å². The standard InChI is InChI=1S/C11H19N3O4/c1-7(10(16)17)12-6-9(15)14-11(18)13-8-4-2-3-5-8/h7-8,12H,2-6H2,1H3,(H,16,17)(H2,13,14,15,18). The Bertz CT molecular complexity index is 326. The summed E-state index contributed by atoms with van der Waals surface area (Å²) in [6, 6.07) is -1.20. The average Bonchev–Trinajstić information content (AvgIpc) is 2.78. The van der Waals surface area contributed by atoms with Crippen LogP contribution in [0.4, 0.5) is 4.79 Å². The summed E-state index contributed by atoms with van der Waals surface area (Å²) in [5, 5.41) is 15.9. The van der Waals surface area contributed by atoms with Gasteiger partial charge in [-0.2, -0.15) is 0 Å². The molecule has 0 aromatic heterocycles. The molecule has 0 bridgehead atoms. The molecule has 0 radical (unpaired) electrons. The summed E-state index contributed by atoms with van der Waals surface area (Å²) in [5.41, 5.74) is 0. The quantitative estimate of drug-likeness (QED) is 0.546. The number of hydrogen-bond acceptors (Lipinski definition) is 4. The number of carboxylic acids is 1. The molecular formula is C11H19N3O4. The predicted octanol–water partition coefficient (Wildman–Crippen LogP) is -0.182. The number of imide groups is 1. The highest BCUT2D eigenvalue weighted by Crippen LogP contribution is 2.17. The molecule has 0 heterocycles. The number of amides is 3. The number of rotatable bonds is 5. The molecule has 7 nitrogen and oxygen atoms in total. The Morgan fingerprint density at radius 3 is 2.44 bits per heavy atom. The van der Waals surface area contributed by atoms with Crippen molar-refractivity contribution < 1.29 is 19.5 Å². The summed E-state index contributed by atoms with van der Waals surface area (Å²) >= 11 is 0. The van der Waals surface area contributed by atoms with Crippen LogP contribution in [0.5, 0.6) is 0 Å². The summed E-state index contributed by atoms with van der Waals surface area (Å²) in [6.45, 7) is 1.22. The van der Waals surface area contributed by atoms with Crippen molar-refractivity contribution in [2.45, 2.75) is 44.7 Å². The van der Waals surface area contributed by atoms with E-state index in [1.807, 2.05) is 0 Å². The molecule has 0 saturated heterocycles. The Morgan fingerprint density at radius 2 is 1.89 bits per heavy atom. The van der Waals surface area contributed by atoms with Gasteiger partial charge in [0.25, 0.3) is 0 Å². The zero-order chi connectivity index (χ0) is 13.5. The Balaban J connectivity index is 2.18. The van der Waals surface area contributed by atoms with Crippen molar-refractivity contribution in [1.29, 1.82) is 0 Å². The fourth-order valence-electron chi connectivity index (χ4n) is 1.80. The number of carbonyl (C=O) groups is 3. The first-order chi connectivity index (χ1) is 8.49. The van der Waals surface area contributed by atoms with Gasteiger partial charge in [-0.25, -0.2) is 4.79 Å². The maximum atomic E-state index is 11.4. The van der Waals surface area contributed by atoms with Gasteiger partial charge in [-0.15, -0.1) is 0 Å². The minimum absolute atomic E-state index is 0.142. The second kappa shape index (κ2) is 6.95. The van der Waals surface area contributed by atoms with E-state index in [2.05, 4.69) is 16.0 Å². The van der Waals surface area contributed by atoms with E-state index >= 15 is 0 Å². The van der Waals surface area contributed by atoms with E-state index in [4.69, 9.17) is 5.11 Å². The van der Waals surface area contributed by atoms with Gasteiger partial charge in [-0.3, -0.25) is 20.2 Å². The average molecular weight is 257 g/mol. The van der Waals surface area contributed by atoms with E-state index in [0.717, 1.165) is 25.7 Å². The zero-order valence-corrected chi connectivity index (χ0v) is 10.4. The lowest BCUT2D eigenvalue weighted by atomic mass is 10.2. The summed E-state index contributed by atoms with van der Waals surface area (Å²) in [6.07, 6.45) is 4.07. The van der Waals surface area contributed by atoms with Crippen molar-refractivity contribution in [1.82, 2.24) is 16.0 Å². The monoisotopic (exact) mass is 257 g/mol. The van der Waals surface area contributed by atoms with Crippen molar-refractivity contribution in [3.8, 4) is 0 Å². The molecule has 0 aromatic carbocycles. The van der Waals surface area contributed by atoms with Gasteiger partial charge in [0.2, 0.25) is 5.91 Å². The summed E-state index contributed by atoms with van der Waals surface area (Å²) in [7, 11) is 0. The van der Waals surface area contributed by atoms with Crippen LogP contribution < -0.4 is 16.0 Å². The second-order valence-electron chi connectivity index (χ2n) is 4.44. The van der Waals surface area contributed by atoms with Crippen molar-refractivity contribution in [3.63, 3.8) is 0 Å². The number of hydrogen-bond donors (Lipinski definition) is 4. The third kappa shape index (κ3) is 5.13.